The number of hydrogen-bond donors (Lipinski definition) is 3. The molecule has 2 aromatic heterocycles. The van der Waals surface area contributed by atoms with E-state index in [4.69, 9.17) is 9.47 Å². The number of aromatic nitrogens is 3. The van der Waals surface area contributed by atoms with Gasteiger partial charge in [-0.25, -0.2) is 0 Å². The molecule has 9 nitrogen and oxygen atoms in total. The summed E-state index contributed by atoms with van der Waals surface area (Å²) in [5.74, 6) is -0.0998. The second kappa shape index (κ2) is 11.9. The van der Waals surface area contributed by atoms with Crippen LogP contribution in [0.5, 0.6) is 0 Å². The van der Waals surface area contributed by atoms with Gasteiger partial charge in [-0.3, -0.25) is 19.8 Å². The molecule has 2 unspecified atom stereocenters. The molecule has 2 fully saturated rings. The molecular weight excluding hydrogens is 513 g/mol. The number of benzene rings is 1. The van der Waals surface area contributed by atoms with Gasteiger partial charge in [0.1, 0.15) is 0 Å². The molecule has 0 spiro atoms. The normalized spacial score (nSPS) is 22.6. The van der Waals surface area contributed by atoms with E-state index in [0.29, 0.717) is 31.3 Å². The first kappa shape index (κ1) is 27.4. The lowest BCUT2D eigenvalue weighted by Crippen LogP contribution is -2.46. The molecule has 12 heteroatoms. The molecule has 1 aromatic carbocycles. The zero-order valence-electron chi connectivity index (χ0n) is 21.8. The second-order valence-electron chi connectivity index (χ2n) is 10.2. The molecule has 0 radical (unpaired) electrons. The van der Waals surface area contributed by atoms with Crippen LogP contribution in [0.15, 0.2) is 36.5 Å². The van der Waals surface area contributed by atoms with Crippen molar-refractivity contribution in [1.82, 2.24) is 25.4 Å². The fourth-order valence-electron chi connectivity index (χ4n) is 5.19. The topological polar surface area (TPSA) is 104 Å². The van der Waals surface area contributed by atoms with Gasteiger partial charge in [0, 0.05) is 49.6 Å². The second-order valence-corrected chi connectivity index (χ2v) is 10.2. The summed E-state index contributed by atoms with van der Waals surface area (Å²) in [7, 11) is 0. The first-order chi connectivity index (χ1) is 18.8. The summed E-state index contributed by atoms with van der Waals surface area (Å²) in [6.45, 7) is 4.99. The number of nitrogens with zero attached hydrogens (tertiary/aromatic N) is 3. The molecule has 3 N–H and O–H groups in total. The summed E-state index contributed by atoms with van der Waals surface area (Å²) in [6, 6.07) is 7.38. The molecule has 2 saturated heterocycles. The SMILES string of the molecule is Cc1ccc(CO[C@H]2CN(C3CCCOCC3)CC2NC(=O)CNc2n[nH]c3ccc(C(F)(F)F)cc23)cn1. The molecule has 39 heavy (non-hydrogen) atoms. The van der Waals surface area contributed by atoms with Gasteiger partial charge in [0.25, 0.3) is 0 Å². The van der Waals surface area contributed by atoms with E-state index < -0.39 is 11.7 Å². The standard InChI is InChI=1S/C27H33F3N6O3/c1-17-4-5-18(12-31-17)16-39-24-15-36(20-3-2-9-38-10-8-20)14-23(24)33-25(37)13-32-26-21-11-19(27(28,29)30)6-7-22(21)34-35-26/h4-7,11-12,20,23-24H,2-3,8-10,13-16H2,1H3,(H,33,37)(H2,32,34,35)/t20?,23?,24-/m0/s1. The molecule has 210 valence electrons. The zero-order chi connectivity index (χ0) is 27.4. The van der Waals surface area contributed by atoms with E-state index in [2.05, 4.69) is 30.7 Å². The van der Waals surface area contributed by atoms with Gasteiger partial charge in [0.05, 0.1) is 36.4 Å². The number of amides is 1. The number of aryl methyl sites for hydroxylation is 1. The number of pyridine rings is 1. The van der Waals surface area contributed by atoms with Crippen molar-refractivity contribution in [3.05, 3.63) is 53.3 Å². The van der Waals surface area contributed by atoms with Crippen LogP contribution in [0.3, 0.4) is 0 Å². The Balaban J connectivity index is 1.23. The van der Waals surface area contributed by atoms with Crippen molar-refractivity contribution in [2.45, 2.75) is 57.2 Å². The van der Waals surface area contributed by atoms with Crippen LogP contribution in [0.2, 0.25) is 0 Å². The third-order valence-electron chi connectivity index (χ3n) is 7.32. The van der Waals surface area contributed by atoms with E-state index in [1.165, 1.54) is 6.07 Å². The number of halogens is 3. The van der Waals surface area contributed by atoms with Crippen LogP contribution in [-0.2, 0) is 27.1 Å². The number of nitrogens with one attached hydrogen (secondary N) is 3. The third kappa shape index (κ3) is 6.87. The summed E-state index contributed by atoms with van der Waals surface area (Å²) < 4.78 is 51.4. The van der Waals surface area contributed by atoms with Crippen LogP contribution in [0.25, 0.3) is 10.9 Å². The minimum absolute atomic E-state index is 0.140. The Kier molecular flexibility index (Phi) is 8.34. The minimum atomic E-state index is -4.47. The van der Waals surface area contributed by atoms with Crippen LogP contribution < -0.4 is 10.6 Å². The molecule has 2 aliphatic heterocycles. The maximum atomic E-state index is 13.2. The average Bonchev–Trinajstić information content (AvgIpc) is 3.39. The Bertz CT molecular complexity index is 1260. The van der Waals surface area contributed by atoms with Crippen molar-refractivity contribution < 1.29 is 27.4 Å². The summed E-state index contributed by atoms with van der Waals surface area (Å²) in [4.78, 5) is 19.6. The lowest BCUT2D eigenvalue weighted by Gasteiger charge is -2.26. The van der Waals surface area contributed by atoms with Crippen LogP contribution in [0.1, 0.15) is 36.1 Å². The van der Waals surface area contributed by atoms with E-state index >= 15 is 0 Å². The van der Waals surface area contributed by atoms with Gasteiger partial charge >= 0.3 is 6.18 Å². The predicted octanol–water partition coefficient (Wildman–Crippen LogP) is 3.65. The third-order valence-corrected chi connectivity index (χ3v) is 7.32. The zero-order valence-corrected chi connectivity index (χ0v) is 21.8. The number of fused-ring (bicyclic) bond motifs is 1. The molecule has 0 saturated carbocycles. The fourth-order valence-corrected chi connectivity index (χ4v) is 5.19. The number of aromatic amines is 1. The fraction of sp³-hybridized carbons (Fsp3) is 0.519. The number of anilines is 1. The number of carbonyl (C=O) groups is 1. The first-order valence-electron chi connectivity index (χ1n) is 13.2. The van der Waals surface area contributed by atoms with Crippen molar-refractivity contribution in [2.24, 2.45) is 0 Å². The van der Waals surface area contributed by atoms with Gasteiger partial charge in [-0.05, 0) is 56.0 Å². The van der Waals surface area contributed by atoms with Crippen LogP contribution in [-0.4, -0.2) is 77.0 Å². The summed E-state index contributed by atoms with van der Waals surface area (Å²) in [6.07, 6.45) is 0.0600. The lowest BCUT2D eigenvalue weighted by atomic mass is 10.1. The minimum Gasteiger partial charge on any atom is -0.381 e. The summed E-state index contributed by atoms with van der Waals surface area (Å²) >= 11 is 0. The Labute approximate surface area is 224 Å². The van der Waals surface area contributed by atoms with E-state index in [0.717, 1.165) is 55.9 Å². The molecule has 0 bridgehead atoms. The van der Waals surface area contributed by atoms with Gasteiger partial charge in [0.2, 0.25) is 5.91 Å². The molecule has 2 aliphatic rings. The number of likely N-dealkylation sites (tertiary alicyclic amines) is 1. The smallest absolute Gasteiger partial charge is 0.381 e. The van der Waals surface area contributed by atoms with Gasteiger partial charge in [-0.1, -0.05) is 6.07 Å². The first-order valence-corrected chi connectivity index (χ1v) is 13.2. The van der Waals surface area contributed by atoms with Crippen LogP contribution in [0, 0.1) is 6.92 Å². The molecule has 4 heterocycles. The van der Waals surface area contributed by atoms with Crippen molar-refractivity contribution in [1.29, 1.82) is 0 Å². The highest BCUT2D eigenvalue weighted by atomic mass is 19.4. The molecule has 1 amide bonds. The highest BCUT2D eigenvalue weighted by molar-refractivity contribution is 5.92. The molecule has 3 aromatic rings. The number of H-pyrrole nitrogens is 1. The highest BCUT2D eigenvalue weighted by Crippen LogP contribution is 2.33. The predicted molar refractivity (Wildman–Crippen MR) is 139 cm³/mol. The van der Waals surface area contributed by atoms with E-state index in [-0.39, 0.29) is 35.8 Å². The van der Waals surface area contributed by atoms with E-state index in [1.54, 1.807) is 6.20 Å². The van der Waals surface area contributed by atoms with Crippen LogP contribution in [0.4, 0.5) is 19.0 Å². The Morgan fingerprint density at radius 3 is 2.87 bits per heavy atom. The number of ether oxygens (including phenoxy) is 2. The Hall–Kier alpha value is -3.22. The van der Waals surface area contributed by atoms with Gasteiger partial charge < -0.3 is 20.1 Å². The average molecular weight is 547 g/mol. The maximum Gasteiger partial charge on any atom is 0.416 e. The van der Waals surface area contributed by atoms with E-state index in [9.17, 15) is 18.0 Å². The largest absolute Gasteiger partial charge is 0.416 e. The summed E-state index contributed by atoms with van der Waals surface area (Å²) in [5.41, 5.74) is 1.56. The van der Waals surface area contributed by atoms with Gasteiger partial charge in [0.15, 0.2) is 5.82 Å². The molecule has 5 rings (SSSR count). The van der Waals surface area contributed by atoms with Gasteiger partial charge in [-0.15, -0.1) is 0 Å². The van der Waals surface area contributed by atoms with Crippen molar-refractivity contribution in [3.8, 4) is 0 Å². The van der Waals surface area contributed by atoms with Gasteiger partial charge in [-0.2, -0.15) is 18.3 Å². The molecular formula is C27H33F3N6O3. The summed E-state index contributed by atoms with van der Waals surface area (Å²) in [5, 5.41) is 13.0. The Morgan fingerprint density at radius 1 is 1.21 bits per heavy atom. The quantitative estimate of drug-likeness (QED) is 0.396. The molecule has 0 aliphatic carbocycles. The number of carbonyl (C=O) groups excluding carboxylic acids is 1. The maximum absolute atomic E-state index is 13.2. The number of rotatable bonds is 8. The molecule has 3 atom stereocenters. The van der Waals surface area contributed by atoms with Crippen molar-refractivity contribution in [3.63, 3.8) is 0 Å². The van der Waals surface area contributed by atoms with Crippen molar-refractivity contribution >= 4 is 22.6 Å². The number of hydrogen-bond acceptors (Lipinski definition) is 7. The van der Waals surface area contributed by atoms with E-state index in [1.807, 2.05) is 19.1 Å². The Morgan fingerprint density at radius 2 is 2.08 bits per heavy atom. The van der Waals surface area contributed by atoms with Crippen molar-refractivity contribution in [2.75, 3.05) is 38.2 Å². The highest BCUT2D eigenvalue weighted by Gasteiger charge is 2.38. The van der Waals surface area contributed by atoms with Crippen LogP contribution >= 0.6 is 0 Å². The number of alkyl halides is 3. The lowest BCUT2D eigenvalue weighted by molar-refractivity contribution is -0.137. The monoisotopic (exact) mass is 546 g/mol.